The number of alkyl halides is 3. The number of nitrogens with one attached hydrogen (secondary N) is 1. The Bertz CT molecular complexity index is 743. The van der Waals surface area contributed by atoms with Crippen molar-refractivity contribution in [2.75, 3.05) is 19.6 Å². The second kappa shape index (κ2) is 6.23. The summed E-state index contributed by atoms with van der Waals surface area (Å²) in [5.74, 6) is -0.334. The van der Waals surface area contributed by atoms with E-state index in [-0.39, 0.29) is 23.3 Å². The van der Waals surface area contributed by atoms with Crippen molar-refractivity contribution in [2.24, 2.45) is 0 Å². The Kier molecular flexibility index (Phi) is 4.27. The molecule has 1 atom stereocenters. The average molecular weight is 339 g/mol. The summed E-state index contributed by atoms with van der Waals surface area (Å²) in [6, 6.07) is 5.20. The first kappa shape index (κ1) is 16.4. The molecule has 1 saturated heterocycles. The third-order valence-electron chi connectivity index (χ3n) is 3.82. The molecular formula is C15H16F3N5O. The van der Waals surface area contributed by atoms with E-state index in [0.29, 0.717) is 19.6 Å². The average Bonchev–Trinajstić information content (AvgIpc) is 3.03. The molecule has 1 aliphatic heterocycles. The molecule has 3 rings (SSSR count). The molecule has 1 aromatic heterocycles. The molecule has 0 bridgehead atoms. The molecule has 0 radical (unpaired) electrons. The fraction of sp³-hybridized carbons (Fsp3) is 0.400. The Labute approximate surface area is 136 Å². The number of hydrogen-bond acceptors (Lipinski definition) is 4. The van der Waals surface area contributed by atoms with Gasteiger partial charge in [-0.1, -0.05) is 17.3 Å². The molecule has 0 aliphatic carbocycles. The Morgan fingerprint density at radius 1 is 1.33 bits per heavy atom. The van der Waals surface area contributed by atoms with Crippen molar-refractivity contribution in [3.63, 3.8) is 0 Å². The number of aromatic nitrogens is 3. The molecule has 0 spiro atoms. The summed E-state index contributed by atoms with van der Waals surface area (Å²) in [5.41, 5.74) is -0.962. The summed E-state index contributed by atoms with van der Waals surface area (Å²) >= 11 is 0. The van der Waals surface area contributed by atoms with Gasteiger partial charge < -0.3 is 10.2 Å². The second-order valence-electron chi connectivity index (χ2n) is 5.67. The minimum Gasteiger partial charge on any atom is -0.334 e. The number of piperazine rings is 1. The fourth-order valence-corrected chi connectivity index (χ4v) is 2.67. The van der Waals surface area contributed by atoms with Crippen LogP contribution in [-0.2, 0) is 6.18 Å². The summed E-state index contributed by atoms with van der Waals surface area (Å²) < 4.78 is 40.3. The van der Waals surface area contributed by atoms with E-state index in [2.05, 4.69) is 15.6 Å². The predicted octanol–water partition coefficient (Wildman–Crippen LogP) is 1.72. The van der Waals surface area contributed by atoms with Crippen LogP contribution in [0.5, 0.6) is 0 Å². The lowest BCUT2D eigenvalue weighted by Gasteiger charge is -2.31. The third-order valence-corrected chi connectivity index (χ3v) is 3.82. The normalized spacial score (nSPS) is 18.7. The molecule has 0 saturated carbocycles. The Balaban J connectivity index is 1.88. The van der Waals surface area contributed by atoms with Gasteiger partial charge in [0, 0.05) is 25.7 Å². The van der Waals surface area contributed by atoms with E-state index in [9.17, 15) is 18.0 Å². The zero-order valence-electron chi connectivity index (χ0n) is 12.9. The van der Waals surface area contributed by atoms with Crippen LogP contribution in [0.4, 0.5) is 13.2 Å². The fourth-order valence-electron chi connectivity index (χ4n) is 2.67. The van der Waals surface area contributed by atoms with Crippen LogP contribution in [0.25, 0.3) is 5.69 Å². The lowest BCUT2D eigenvalue weighted by atomic mass is 10.1. The molecule has 1 N–H and O–H groups in total. The topological polar surface area (TPSA) is 63.1 Å². The van der Waals surface area contributed by atoms with E-state index in [4.69, 9.17) is 0 Å². The van der Waals surface area contributed by atoms with E-state index in [1.54, 1.807) is 4.90 Å². The number of carbonyl (C=O) groups excluding carboxylic acids is 1. The van der Waals surface area contributed by atoms with Crippen LogP contribution in [0.15, 0.2) is 30.5 Å². The first-order valence-electron chi connectivity index (χ1n) is 7.48. The highest BCUT2D eigenvalue weighted by atomic mass is 19.4. The number of carbonyl (C=O) groups is 1. The Hall–Kier alpha value is -2.42. The third kappa shape index (κ3) is 3.25. The smallest absolute Gasteiger partial charge is 0.334 e. The quantitative estimate of drug-likeness (QED) is 0.905. The monoisotopic (exact) mass is 339 g/mol. The maximum Gasteiger partial charge on any atom is 0.418 e. The molecule has 1 unspecified atom stereocenters. The molecule has 9 heteroatoms. The lowest BCUT2D eigenvalue weighted by Crippen LogP contribution is -2.51. The molecule has 1 aliphatic rings. The molecule has 2 heterocycles. The first-order valence-corrected chi connectivity index (χ1v) is 7.48. The van der Waals surface area contributed by atoms with Gasteiger partial charge in [0.2, 0.25) is 0 Å². The summed E-state index contributed by atoms with van der Waals surface area (Å²) in [7, 11) is 0. The predicted molar refractivity (Wildman–Crippen MR) is 79.7 cm³/mol. The molecule has 1 aromatic carbocycles. The maximum absolute atomic E-state index is 13.1. The standard InChI is InChI=1S/C15H16F3N5O/c1-10-8-22(7-6-19-10)14(24)12-9-23(21-20-12)13-5-3-2-4-11(13)15(16,17)18/h2-5,9-10,19H,6-8H2,1H3. The van der Waals surface area contributed by atoms with Crippen LogP contribution in [0.2, 0.25) is 0 Å². The minimum absolute atomic E-state index is 0.0288. The van der Waals surface area contributed by atoms with Crippen LogP contribution in [-0.4, -0.2) is 51.5 Å². The molecule has 2 aromatic rings. The number of rotatable bonds is 2. The van der Waals surface area contributed by atoms with E-state index in [1.165, 1.54) is 24.4 Å². The zero-order chi connectivity index (χ0) is 17.3. The summed E-state index contributed by atoms with van der Waals surface area (Å²) in [6.45, 7) is 3.66. The Morgan fingerprint density at radius 3 is 2.79 bits per heavy atom. The van der Waals surface area contributed by atoms with E-state index < -0.39 is 11.7 Å². The van der Waals surface area contributed by atoms with Crippen molar-refractivity contribution >= 4 is 5.91 Å². The van der Waals surface area contributed by atoms with Gasteiger partial charge in [-0.2, -0.15) is 13.2 Å². The second-order valence-corrected chi connectivity index (χ2v) is 5.67. The van der Waals surface area contributed by atoms with Crippen LogP contribution in [0.1, 0.15) is 23.0 Å². The van der Waals surface area contributed by atoms with Gasteiger partial charge in [-0.05, 0) is 19.1 Å². The van der Waals surface area contributed by atoms with Gasteiger partial charge in [-0.25, -0.2) is 4.68 Å². The Morgan fingerprint density at radius 2 is 2.08 bits per heavy atom. The van der Waals surface area contributed by atoms with Gasteiger partial charge in [0.05, 0.1) is 17.4 Å². The lowest BCUT2D eigenvalue weighted by molar-refractivity contribution is -0.137. The number of halogens is 3. The van der Waals surface area contributed by atoms with Gasteiger partial charge in [-0.15, -0.1) is 5.10 Å². The number of hydrogen-bond donors (Lipinski definition) is 1. The SMILES string of the molecule is CC1CN(C(=O)c2cn(-c3ccccc3C(F)(F)F)nn2)CCN1. The molecule has 24 heavy (non-hydrogen) atoms. The van der Waals surface area contributed by atoms with Gasteiger partial charge >= 0.3 is 6.18 Å². The van der Waals surface area contributed by atoms with Crippen molar-refractivity contribution in [3.05, 3.63) is 41.7 Å². The summed E-state index contributed by atoms with van der Waals surface area (Å²) in [5, 5.41) is 10.7. The van der Waals surface area contributed by atoms with Gasteiger partial charge in [0.1, 0.15) is 0 Å². The number of benzene rings is 1. The number of amides is 1. The first-order chi connectivity index (χ1) is 11.4. The molecular weight excluding hydrogens is 323 g/mol. The van der Waals surface area contributed by atoms with Crippen molar-refractivity contribution in [1.82, 2.24) is 25.2 Å². The molecule has 6 nitrogen and oxygen atoms in total. The van der Waals surface area contributed by atoms with E-state index >= 15 is 0 Å². The molecule has 128 valence electrons. The molecule has 1 amide bonds. The van der Waals surface area contributed by atoms with Crippen molar-refractivity contribution in [1.29, 1.82) is 0 Å². The minimum atomic E-state index is -4.51. The van der Waals surface area contributed by atoms with Crippen LogP contribution in [0.3, 0.4) is 0 Å². The van der Waals surface area contributed by atoms with E-state index in [1.807, 2.05) is 6.92 Å². The van der Waals surface area contributed by atoms with Crippen molar-refractivity contribution < 1.29 is 18.0 Å². The summed E-state index contributed by atoms with van der Waals surface area (Å²) in [6.07, 6.45) is -3.28. The highest BCUT2D eigenvalue weighted by Gasteiger charge is 2.34. The van der Waals surface area contributed by atoms with E-state index in [0.717, 1.165) is 10.7 Å². The molecule has 1 fully saturated rings. The van der Waals surface area contributed by atoms with Gasteiger partial charge in [0.25, 0.3) is 5.91 Å². The zero-order valence-corrected chi connectivity index (χ0v) is 12.9. The van der Waals surface area contributed by atoms with Gasteiger partial charge in [0.15, 0.2) is 5.69 Å². The summed E-state index contributed by atoms with van der Waals surface area (Å²) in [4.78, 5) is 14.0. The van der Waals surface area contributed by atoms with Crippen molar-refractivity contribution in [2.45, 2.75) is 19.1 Å². The van der Waals surface area contributed by atoms with Crippen LogP contribution >= 0.6 is 0 Å². The highest BCUT2D eigenvalue weighted by Crippen LogP contribution is 2.33. The van der Waals surface area contributed by atoms with Crippen LogP contribution < -0.4 is 5.32 Å². The maximum atomic E-state index is 13.1. The largest absolute Gasteiger partial charge is 0.418 e. The highest BCUT2D eigenvalue weighted by molar-refractivity contribution is 5.92. The van der Waals surface area contributed by atoms with Crippen LogP contribution in [0, 0.1) is 0 Å². The van der Waals surface area contributed by atoms with Crippen molar-refractivity contribution in [3.8, 4) is 5.69 Å². The number of para-hydroxylation sites is 1. The number of nitrogens with zero attached hydrogens (tertiary/aromatic N) is 4. The van der Waals surface area contributed by atoms with Gasteiger partial charge in [-0.3, -0.25) is 4.79 Å².